The van der Waals surface area contributed by atoms with E-state index in [2.05, 4.69) is 57.2 Å². The average molecular weight is 614 g/mol. The summed E-state index contributed by atoms with van der Waals surface area (Å²) in [4.78, 5) is 28.6. The number of hydrogen-bond donors (Lipinski definition) is 4. The number of hydrogen-bond acceptors (Lipinski definition) is 5. The summed E-state index contributed by atoms with van der Waals surface area (Å²) in [5.41, 5.74) is 13.2. The minimum Gasteiger partial charge on any atom is -0.397 e. The molecule has 4 aromatic carbocycles. The van der Waals surface area contributed by atoms with Crippen LogP contribution in [-0.2, 0) is 9.59 Å². The second-order valence-corrected chi connectivity index (χ2v) is 12.3. The van der Waals surface area contributed by atoms with Gasteiger partial charge in [0.15, 0.2) is 0 Å². The number of nitrogens with one attached hydrogen (secondary N) is 3. The molecule has 2 amide bonds. The van der Waals surface area contributed by atoms with Crippen LogP contribution in [-0.4, -0.2) is 42.9 Å². The highest BCUT2D eigenvalue weighted by molar-refractivity contribution is 6.03. The quantitative estimate of drug-likeness (QED) is 0.0999. The molecule has 4 aromatic rings. The number of amides is 2. The minimum atomic E-state index is -0.526. The van der Waals surface area contributed by atoms with Crippen LogP contribution in [0.4, 0.5) is 17.1 Å². The zero-order valence-electron chi connectivity index (χ0n) is 26.3. The molecule has 46 heavy (non-hydrogen) atoms. The lowest BCUT2D eigenvalue weighted by atomic mass is 10.0. The van der Waals surface area contributed by atoms with Crippen LogP contribution >= 0.6 is 0 Å². The summed E-state index contributed by atoms with van der Waals surface area (Å²) in [6.45, 7) is 3.83. The zero-order chi connectivity index (χ0) is 31.7. The molecule has 2 aliphatic rings. The second kappa shape index (κ2) is 15.0. The largest absolute Gasteiger partial charge is 0.397 e. The third-order valence-corrected chi connectivity index (χ3v) is 8.85. The van der Waals surface area contributed by atoms with Crippen molar-refractivity contribution in [3.8, 4) is 11.1 Å². The first-order chi connectivity index (χ1) is 22.5. The normalized spacial score (nSPS) is 15.8. The Labute approximate surface area is 271 Å². The Morgan fingerprint density at radius 1 is 0.804 bits per heavy atom. The van der Waals surface area contributed by atoms with Crippen molar-refractivity contribution in [2.24, 2.45) is 0 Å². The fourth-order valence-corrected chi connectivity index (χ4v) is 5.99. The lowest BCUT2D eigenvalue weighted by Gasteiger charge is -2.27. The molecule has 1 unspecified atom stereocenters. The maximum atomic E-state index is 13.7. The number of anilines is 3. The molecule has 6 rings (SSSR count). The number of nitrogen functional groups attached to an aromatic ring is 1. The molecule has 2 fully saturated rings. The molecule has 1 heterocycles. The maximum Gasteiger partial charge on any atom is 0.248 e. The van der Waals surface area contributed by atoms with Crippen molar-refractivity contribution in [1.29, 1.82) is 0 Å². The molecule has 1 saturated carbocycles. The monoisotopic (exact) mass is 613 g/mol. The molecular weight excluding hydrogens is 570 g/mol. The second-order valence-electron chi connectivity index (χ2n) is 12.3. The third-order valence-electron chi connectivity index (χ3n) is 8.85. The smallest absolute Gasteiger partial charge is 0.248 e. The van der Waals surface area contributed by atoms with E-state index in [9.17, 15) is 9.59 Å². The molecule has 1 aliphatic heterocycles. The lowest BCUT2D eigenvalue weighted by molar-refractivity contribution is -0.118. The Hall–Kier alpha value is -4.72. The molecule has 0 radical (unpaired) electrons. The molecule has 236 valence electrons. The van der Waals surface area contributed by atoms with Crippen LogP contribution in [0.2, 0.25) is 0 Å². The predicted molar refractivity (Wildman–Crippen MR) is 188 cm³/mol. The van der Waals surface area contributed by atoms with Crippen molar-refractivity contribution in [3.63, 3.8) is 0 Å². The standard InChI is InChI=1S/C39H43N5O2/c40-35-6-2-3-7-36(35)43-37(45)23-10-28-8-11-33(12-9-28)38(41-24-27-44-25-4-1-5-26-44)39(46)42-34-21-19-32(20-22-34)31-17-15-30(16-18-31)29-13-14-29/h2-3,6-12,15-23,29,38,41H,1,4-5,13-14,24-27,40H2,(H,42,46)(H,43,45)/b23-10+. The van der Waals surface area contributed by atoms with Crippen molar-refractivity contribution in [2.75, 3.05) is 42.5 Å². The lowest BCUT2D eigenvalue weighted by Crippen LogP contribution is -2.40. The molecule has 1 atom stereocenters. The van der Waals surface area contributed by atoms with Gasteiger partial charge in [0.1, 0.15) is 6.04 Å². The van der Waals surface area contributed by atoms with E-state index in [4.69, 9.17) is 5.73 Å². The van der Waals surface area contributed by atoms with E-state index in [1.165, 1.54) is 49.3 Å². The van der Waals surface area contributed by atoms with E-state index in [0.29, 0.717) is 17.9 Å². The van der Waals surface area contributed by atoms with Gasteiger partial charge in [0, 0.05) is 24.9 Å². The van der Waals surface area contributed by atoms with Crippen molar-refractivity contribution in [3.05, 3.63) is 120 Å². The van der Waals surface area contributed by atoms with Crippen LogP contribution in [0.5, 0.6) is 0 Å². The van der Waals surface area contributed by atoms with Crippen LogP contribution in [0.1, 0.15) is 60.8 Å². The number of benzene rings is 4. The highest BCUT2D eigenvalue weighted by Crippen LogP contribution is 2.40. The van der Waals surface area contributed by atoms with Crippen LogP contribution in [0.3, 0.4) is 0 Å². The summed E-state index contributed by atoms with van der Waals surface area (Å²) in [5, 5.41) is 9.45. The summed E-state index contributed by atoms with van der Waals surface area (Å²) in [7, 11) is 0. The van der Waals surface area contributed by atoms with Crippen molar-refractivity contribution in [1.82, 2.24) is 10.2 Å². The van der Waals surface area contributed by atoms with Gasteiger partial charge in [0.2, 0.25) is 11.8 Å². The van der Waals surface area contributed by atoms with Gasteiger partial charge in [0.25, 0.3) is 0 Å². The molecule has 1 saturated heterocycles. The first kappa shape index (κ1) is 31.3. The van der Waals surface area contributed by atoms with Crippen molar-refractivity contribution < 1.29 is 9.59 Å². The van der Waals surface area contributed by atoms with Gasteiger partial charge in [-0.1, -0.05) is 79.2 Å². The van der Waals surface area contributed by atoms with Gasteiger partial charge in [-0.25, -0.2) is 0 Å². The molecule has 0 spiro atoms. The number of carbonyl (C=O) groups is 2. The number of carbonyl (C=O) groups excluding carboxylic acids is 2. The molecule has 7 nitrogen and oxygen atoms in total. The SMILES string of the molecule is Nc1ccccc1NC(=O)/C=C/c1ccc(C(NCCN2CCCCC2)C(=O)Nc2ccc(-c3ccc(C4CC4)cc3)cc2)cc1. The zero-order valence-corrected chi connectivity index (χ0v) is 26.3. The fourth-order valence-electron chi connectivity index (χ4n) is 5.99. The molecule has 0 aromatic heterocycles. The van der Waals surface area contributed by atoms with E-state index in [1.54, 1.807) is 18.2 Å². The summed E-state index contributed by atoms with van der Waals surface area (Å²) in [6, 6.07) is 31.3. The number of likely N-dealkylation sites (tertiary alicyclic amines) is 1. The minimum absolute atomic E-state index is 0.108. The van der Waals surface area contributed by atoms with Gasteiger partial charge in [0.05, 0.1) is 11.4 Å². The van der Waals surface area contributed by atoms with Crippen LogP contribution in [0.25, 0.3) is 17.2 Å². The summed E-state index contributed by atoms with van der Waals surface area (Å²) in [5.74, 6) is 0.371. The van der Waals surface area contributed by atoms with E-state index >= 15 is 0 Å². The number of piperidine rings is 1. The molecular formula is C39H43N5O2. The number of rotatable bonds is 12. The van der Waals surface area contributed by atoms with E-state index in [0.717, 1.165) is 47.9 Å². The first-order valence-corrected chi connectivity index (χ1v) is 16.4. The molecule has 0 bridgehead atoms. The van der Waals surface area contributed by atoms with E-state index in [-0.39, 0.29) is 11.8 Å². The Morgan fingerprint density at radius 3 is 2.15 bits per heavy atom. The van der Waals surface area contributed by atoms with Crippen molar-refractivity contribution in [2.45, 2.75) is 44.1 Å². The van der Waals surface area contributed by atoms with Crippen LogP contribution < -0.4 is 21.7 Å². The number of nitrogens with zero attached hydrogens (tertiary/aromatic N) is 1. The maximum absolute atomic E-state index is 13.7. The van der Waals surface area contributed by atoms with Gasteiger partial charge in [-0.2, -0.15) is 0 Å². The summed E-state index contributed by atoms with van der Waals surface area (Å²) < 4.78 is 0. The van der Waals surface area contributed by atoms with E-state index < -0.39 is 6.04 Å². The Morgan fingerprint density at radius 2 is 1.48 bits per heavy atom. The molecule has 7 heteroatoms. The highest BCUT2D eigenvalue weighted by atomic mass is 16.2. The first-order valence-electron chi connectivity index (χ1n) is 16.4. The van der Waals surface area contributed by atoms with Gasteiger partial charge >= 0.3 is 0 Å². The van der Waals surface area contributed by atoms with E-state index in [1.807, 2.05) is 48.5 Å². The Balaban J connectivity index is 1.11. The number of para-hydroxylation sites is 2. The van der Waals surface area contributed by atoms with Gasteiger partial charge in [-0.3, -0.25) is 9.59 Å². The fraction of sp³-hybridized carbons (Fsp3) is 0.282. The van der Waals surface area contributed by atoms with Gasteiger partial charge in [-0.05, 0) is 103 Å². The number of nitrogens with two attached hydrogens (primary N) is 1. The van der Waals surface area contributed by atoms with Gasteiger partial charge in [-0.15, -0.1) is 0 Å². The predicted octanol–water partition coefficient (Wildman–Crippen LogP) is 7.22. The summed E-state index contributed by atoms with van der Waals surface area (Å²) >= 11 is 0. The van der Waals surface area contributed by atoms with Crippen LogP contribution in [0.15, 0.2) is 103 Å². The third kappa shape index (κ3) is 8.50. The molecule has 1 aliphatic carbocycles. The van der Waals surface area contributed by atoms with Crippen LogP contribution in [0, 0.1) is 0 Å². The van der Waals surface area contributed by atoms with Gasteiger partial charge < -0.3 is 26.6 Å². The molecule has 5 N–H and O–H groups in total. The highest BCUT2D eigenvalue weighted by Gasteiger charge is 2.23. The topological polar surface area (TPSA) is 99.5 Å². The Kier molecular flexibility index (Phi) is 10.2. The Bertz CT molecular complexity index is 1640. The van der Waals surface area contributed by atoms with Crippen molar-refractivity contribution >= 4 is 35.0 Å². The summed E-state index contributed by atoms with van der Waals surface area (Å²) in [6.07, 6.45) is 9.58. The average Bonchev–Trinajstić information content (AvgIpc) is 3.94.